The quantitative estimate of drug-likeness (QED) is 0.710. The fourth-order valence-electron chi connectivity index (χ4n) is 2.62. The van der Waals surface area contributed by atoms with Gasteiger partial charge in [-0.1, -0.05) is 13.3 Å². The predicted octanol–water partition coefficient (Wildman–Crippen LogP) is 0.651. The molecule has 0 bridgehead atoms. The first-order chi connectivity index (χ1) is 6.67. The van der Waals surface area contributed by atoms with Gasteiger partial charge in [-0.2, -0.15) is 0 Å². The average molecular weight is 199 g/mol. The van der Waals surface area contributed by atoms with Crippen molar-refractivity contribution in [3.8, 4) is 0 Å². The summed E-state index contributed by atoms with van der Waals surface area (Å²) in [5, 5.41) is 0. The Morgan fingerprint density at radius 2 is 2.07 bits per heavy atom. The number of rotatable bonds is 2. The summed E-state index contributed by atoms with van der Waals surface area (Å²) >= 11 is 0. The van der Waals surface area contributed by atoms with Gasteiger partial charge >= 0.3 is 0 Å². The SMILES string of the molecule is CCC1CC2(CC1C(N)=O)OCCO2. The summed E-state index contributed by atoms with van der Waals surface area (Å²) in [7, 11) is 0. The third-order valence-corrected chi connectivity index (χ3v) is 3.38. The molecule has 1 saturated carbocycles. The molecular weight excluding hydrogens is 182 g/mol. The molecular formula is C10H17NO3. The third-order valence-electron chi connectivity index (χ3n) is 3.38. The first-order valence-electron chi connectivity index (χ1n) is 5.24. The molecule has 1 spiro atoms. The second kappa shape index (κ2) is 3.51. The van der Waals surface area contributed by atoms with E-state index >= 15 is 0 Å². The predicted molar refractivity (Wildman–Crippen MR) is 50.3 cm³/mol. The van der Waals surface area contributed by atoms with Crippen LogP contribution in [0.15, 0.2) is 0 Å². The van der Waals surface area contributed by atoms with Crippen molar-refractivity contribution in [3.05, 3.63) is 0 Å². The van der Waals surface area contributed by atoms with Crippen molar-refractivity contribution in [2.75, 3.05) is 13.2 Å². The van der Waals surface area contributed by atoms with Gasteiger partial charge in [0.05, 0.1) is 13.2 Å². The van der Waals surface area contributed by atoms with Gasteiger partial charge in [-0.3, -0.25) is 4.79 Å². The number of hydrogen-bond donors (Lipinski definition) is 1. The van der Waals surface area contributed by atoms with Gasteiger partial charge in [0.15, 0.2) is 5.79 Å². The summed E-state index contributed by atoms with van der Waals surface area (Å²) in [6.45, 7) is 3.36. The molecule has 4 heteroatoms. The minimum atomic E-state index is -0.486. The molecule has 2 fully saturated rings. The Morgan fingerprint density at radius 3 is 2.50 bits per heavy atom. The number of ether oxygens (including phenoxy) is 2. The number of carbonyl (C=O) groups is 1. The van der Waals surface area contributed by atoms with Crippen LogP contribution in [0.25, 0.3) is 0 Å². The Bertz CT molecular complexity index is 236. The van der Waals surface area contributed by atoms with Crippen LogP contribution >= 0.6 is 0 Å². The molecule has 2 N–H and O–H groups in total. The van der Waals surface area contributed by atoms with Crippen molar-refractivity contribution < 1.29 is 14.3 Å². The van der Waals surface area contributed by atoms with Crippen LogP contribution in [-0.4, -0.2) is 24.9 Å². The van der Waals surface area contributed by atoms with E-state index in [1.807, 2.05) is 0 Å². The normalized spacial score (nSPS) is 35.2. The highest BCUT2D eigenvalue weighted by Crippen LogP contribution is 2.45. The maximum atomic E-state index is 11.2. The fraction of sp³-hybridized carbons (Fsp3) is 0.900. The Balaban J connectivity index is 2.10. The molecule has 14 heavy (non-hydrogen) atoms. The van der Waals surface area contributed by atoms with Crippen LogP contribution in [0.4, 0.5) is 0 Å². The van der Waals surface area contributed by atoms with Gasteiger partial charge in [-0.05, 0) is 5.92 Å². The third kappa shape index (κ3) is 1.53. The molecule has 2 rings (SSSR count). The number of nitrogens with two attached hydrogens (primary N) is 1. The zero-order valence-electron chi connectivity index (χ0n) is 8.49. The molecule has 1 saturated heterocycles. The number of carbonyl (C=O) groups excluding carboxylic acids is 1. The van der Waals surface area contributed by atoms with E-state index in [9.17, 15) is 4.79 Å². The van der Waals surface area contributed by atoms with E-state index in [4.69, 9.17) is 15.2 Å². The highest BCUT2D eigenvalue weighted by atomic mass is 16.7. The number of hydrogen-bond acceptors (Lipinski definition) is 3. The summed E-state index contributed by atoms with van der Waals surface area (Å²) in [4.78, 5) is 11.2. The summed E-state index contributed by atoms with van der Waals surface area (Å²) < 4.78 is 11.2. The zero-order valence-corrected chi connectivity index (χ0v) is 8.49. The molecule has 80 valence electrons. The molecule has 1 aliphatic carbocycles. The van der Waals surface area contributed by atoms with Crippen molar-refractivity contribution in [2.24, 2.45) is 17.6 Å². The smallest absolute Gasteiger partial charge is 0.221 e. The molecule has 0 aromatic rings. The van der Waals surface area contributed by atoms with Crippen LogP contribution in [-0.2, 0) is 14.3 Å². The lowest BCUT2D eigenvalue weighted by Gasteiger charge is -2.21. The van der Waals surface area contributed by atoms with Gasteiger partial charge in [0.25, 0.3) is 0 Å². The van der Waals surface area contributed by atoms with Gasteiger partial charge < -0.3 is 15.2 Å². The lowest BCUT2D eigenvalue weighted by molar-refractivity contribution is -0.156. The van der Waals surface area contributed by atoms with Crippen molar-refractivity contribution in [1.82, 2.24) is 0 Å². The molecule has 2 unspecified atom stereocenters. The van der Waals surface area contributed by atoms with Gasteiger partial charge in [-0.15, -0.1) is 0 Å². The van der Waals surface area contributed by atoms with E-state index in [1.165, 1.54) is 0 Å². The molecule has 0 radical (unpaired) electrons. The van der Waals surface area contributed by atoms with E-state index in [0.29, 0.717) is 25.6 Å². The highest BCUT2D eigenvalue weighted by molar-refractivity contribution is 5.77. The van der Waals surface area contributed by atoms with Crippen molar-refractivity contribution in [3.63, 3.8) is 0 Å². The average Bonchev–Trinajstić information content (AvgIpc) is 2.74. The topological polar surface area (TPSA) is 61.6 Å². The first-order valence-corrected chi connectivity index (χ1v) is 5.24. The van der Waals surface area contributed by atoms with Crippen LogP contribution in [0.5, 0.6) is 0 Å². The minimum Gasteiger partial charge on any atom is -0.369 e. The Morgan fingerprint density at radius 1 is 1.43 bits per heavy atom. The molecule has 0 aromatic heterocycles. The lowest BCUT2D eigenvalue weighted by atomic mass is 9.93. The largest absolute Gasteiger partial charge is 0.369 e. The monoisotopic (exact) mass is 199 g/mol. The van der Waals surface area contributed by atoms with Gasteiger partial charge in [0.2, 0.25) is 5.91 Å². The van der Waals surface area contributed by atoms with E-state index in [-0.39, 0.29) is 11.8 Å². The molecule has 0 aromatic carbocycles. The second-order valence-corrected chi connectivity index (χ2v) is 4.19. The number of primary amides is 1. The van der Waals surface area contributed by atoms with Crippen LogP contribution in [0, 0.1) is 11.8 Å². The van der Waals surface area contributed by atoms with Crippen molar-refractivity contribution >= 4 is 5.91 Å². The summed E-state index contributed by atoms with van der Waals surface area (Å²) in [6.07, 6.45) is 2.42. The summed E-state index contributed by atoms with van der Waals surface area (Å²) in [5.41, 5.74) is 5.36. The van der Waals surface area contributed by atoms with Crippen molar-refractivity contribution in [2.45, 2.75) is 32.0 Å². The maximum Gasteiger partial charge on any atom is 0.221 e. The van der Waals surface area contributed by atoms with Crippen LogP contribution < -0.4 is 5.73 Å². The second-order valence-electron chi connectivity index (χ2n) is 4.19. The molecule has 2 atom stereocenters. The van der Waals surface area contributed by atoms with Gasteiger partial charge in [-0.25, -0.2) is 0 Å². The maximum absolute atomic E-state index is 11.2. The molecule has 1 heterocycles. The molecule has 1 aliphatic heterocycles. The van der Waals surface area contributed by atoms with Crippen LogP contribution in [0.1, 0.15) is 26.2 Å². The van der Waals surface area contributed by atoms with Gasteiger partial charge in [0, 0.05) is 18.8 Å². The van der Waals surface area contributed by atoms with Crippen LogP contribution in [0.2, 0.25) is 0 Å². The Kier molecular flexibility index (Phi) is 2.49. The number of amides is 1. The van der Waals surface area contributed by atoms with E-state index in [2.05, 4.69) is 6.92 Å². The summed E-state index contributed by atoms with van der Waals surface area (Å²) in [6, 6.07) is 0. The van der Waals surface area contributed by atoms with E-state index < -0.39 is 5.79 Å². The minimum absolute atomic E-state index is 0.0712. The van der Waals surface area contributed by atoms with Gasteiger partial charge in [0.1, 0.15) is 0 Å². The van der Waals surface area contributed by atoms with E-state index in [1.54, 1.807) is 0 Å². The standard InChI is InChI=1S/C10H17NO3/c1-2-7-5-10(13-3-4-14-10)6-8(7)9(11)12/h7-8H,2-6H2,1H3,(H2,11,12). The Labute approximate surface area is 83.7 Å². The summed E-state index contributed by atoms with van der Waals surface area (Å²) in [5.74, 6) is -0.447. The molecule has 2 aliphatic rings. The Hall–Kier alpha value is -0.610. The van der Waals surface area contributed by atoms with Crippen molar-refractivity contribution in [1.29, 1.82) is 0 Å². The first kappa shape index (κ1) is 9.93. The van der Waals surface area contributed by atoms with Crippen LogP contribution in [0.3, 0.4) is 0 Å². The highest BCUT2D eigenvalue weighted by Gasteiger charge is 2.50. The van der Waals surface area contributed by atoms with E-state index in [0.717, 1.165) is 12.8 Å². The fourth-order valence-corrected chi connectivity index (χ4v) is 2.62. The molecule has 4 nitrogen and oxygen atoms in total. The lowest BCUT2D eigenvalue weighted by Crippen LogP contribution is -2.29. The zero-order chi connectivity index (χ0) is 10.2. The molecule has 1 amide bonds.